The number of nitrogen functional groups attached to an aromatic ring is 1. The van der Waals surface area contributed by atoms with E-state index < -0.39 is 0 Å². The van der Waals surface area contributed by atoms with E-state index in [1.807, 2.05) is 6.92 Å². The van der Waals surface area contributed by atoms with Gasteiger partial charge in [-0.1, -0.05) is 5.16 Å². The van der Waals surface area contributed by atoms with Crippen molar-refractivity contribution in [3.63, 3.8) is 0 Å². The van der Waals surface area contributed by atoms with Gasteiger partial charge in [-0.15, -0.1) is 0 Å². The first kappa shape index (κ1) is 12.2. The number of rotatable bonds is 5. The Kier molecular flexibility index (Phi) is 3.61. The van der Waals surface area contributed by atoms with E-state index in [-0.39, 0.29) is 5.91 Å². The number of hydrogen-bond acceptors (Lipinski definition) is 5. The average Bonchev–Trinajstić information content (AvgIpc) is 2.98. The van der Waals surface area contributed by atoms with Crippen molar-refractivity contribution in [2.75, 3.05) is 12.3 Å². The van der Waals surface area contributed by atoms with Gasteiger partial charge in [0, 0.05) is 25.7 Å². The van der Waals surface area contributed by atoms with Crippen molar-refractivity contribution < 1.29 is 9.32 Å². The zero-order chi connectivity index (χ0) is 13.0. The fourth-order valence-corrected chi connectivity index (χ4v) is 1.67. The maximum absolute atomic E-state index is 11.9. The first-order chi connectivity index (χ1) is 8.70. The lowest BCUT2D eigenvalue weighted by Gasteiger charge is -2.06. The largest absolute Gasteiger partial charge is 0.397 e. The second-order valence-corrected chi connectivity index (χ2v) is 3.80. The monoisotopic (exact) mass is 249 g/mol. The van der Waals surface area contributed by atoms with Crippen LogP contribution in [0.2, 0.25) is 0 Å². The van der Waals surface area contributed by atoms with Crippen LogP contribution in [0, 0.1) is 0 Å². The van der Waals surface area contributed by atoms with Gasteiger partial charge in [-0.05, 0) is 13.0 Å². The molecule has 7 nitrogen and oxygen atoms in total. The van der Waals surface area contributed by atoms with Crippen molar-refractivity contribution in [2.45, 2.75) is 19.9 Å². The Morgan fingerprint density at radius 3 is 3.11 bits per heavy atom. The lowest BCUT2D eigenvalue weighted by atomic mass is 10.3. The number of amides is 1. The third-order valence-electron chi connectivity index (χ3n) is 2.53. The molecule has 2 rings (SSSR count). The summed E-state index contributed by atoms with van der Waals surface area (Å²) in [5, 5.41) is 6.45. The Balaban J connectivity index is 1.91. The van der Waals surface area contributed by atoms with E-state index in [2.05, 4.69) is 20.0 Å². The molecule has 0 aliphatic carbocycles. The zero-order valence-corrected chi connectivity index (χ0v) is 10.1. The highest BCUT2D eigenvalue weighted by molar-refractivity contribution is 5.93. The first-order valence-corrected chi connectivity index (χ1v) is 5.69. The molecule has 0 aromatic carbocycles. The molecular formula is C11H15N5O2. The van der Waals surface area contributed by atoms with Gasteiger partial charge in [0.25, 0.3) is 5.91 Å². The number of aryl methyl sites for hydroxylation is 1. The van der Waals surface area contributed by atoms with Gasteiger partial charge in [0.2, 0.25) is 6.39 Å². The van der Waals surface area contributed by atoms with Gasteiger partial charge in [-0.2, -0.15) is 4.98 Å². The van der Waals surface area contributed by atoms with Crippen LogP contribution in [0.5, 0.6) is 0 Å². The van der Waals surface area contributed by atoms with Crippen molar-refractivity contribution in [3.8, 4) is 0 Å². The van der Waals surface area contributed by atoms with Crippen molar-refractivity contribution in [3.05, 3.63) is 30.2 Å². The highest BCUT2D eigenvalue weighted by Gasteiger charge is 2.11. The Morgan fingerprint density at radius 2 is 2.44 bits per heavy atom. The summed E-state index contributed by atoms with van der Waals surface area (Å²) in [7, 11) is 0. The number of hydrogen-bond donors (Lipinski definition) is 2. The molecule has 0 aliphatic rings. The molecule has 18 heavy (non-hydrogen) atoms. The Bertz CT molecular complexity index is 518. The summed E-state index contributed by atoms with van der Waals surface area (Å²) in [5.41, 5.74) is 6.81. The SMILES string of the molecule is CCn1cc(N)cc1C(=O)NCCc1ncon1. The molecule has 0 saturated carbocycles. The fourth-order valence-electron chi connectivity index (χ4n) is 1.67. The quantitative estimate of drug-likeness (QED) is 0.801. The summed E-state index contributed by atoms with van der Waals surface area (Å²) in [6, 6.07) is 1.66. The molecule has 0 atom stereocenters. The van der Waals surface area contributed by atoms with Crippen LogP contribution in [0.25, 0.3) is 0 Å². The lowest BCUT2D eigenvalue weighted by Crippen LogP contribution is -2.27. The standard InChI is InChI=1S/C11H15N5O2/c1-2-16-6-8(12)5-9(16)11(17)13-4-3-10-14-7-18-15-10/h5-7H,2-4,12H2,1H3,(H,13,17). The maximum atomic E-state index is 11.9. The van der Waals surface area contributed by atoms with Gasteiger partial charge in [0.05, 0.1) is 5.69 Å². The molecule has 2 aromatic heterocycles. The van der Waals surface area contributed by atoms with E-state index in [1.54, 1.807) is 16.8 Å². The summed E-state index contributed by atoms with van der Waals surface area (Å²) >= 11 is 0. The molecular weight excluding hydrogens is 234 g/mol. The highest BCUT2D eigenvalue weighted by Crippen LogP contribution is 2.10. The molecule has 2 aromatic rings. The van der Waals surface area contributed by atoms with Crippen LogP contribution in [0.4, 0.5) is 5.69 Å². The highest BCUT2D eigenvalue weighted by atomic mass is 16.5. The second-order valence-electron chi connectivity index (χ2n) is 3.80. The molecule has 3 N–H and O–H groups in total. The zero-order valence-electron chi connectivity index (χ0n) is 10.1. The predicted molar refractivity (Wildman–Crippen MR) is 64.9 cm³/mol. The fraction of sp³-hybridized carbons (Fsp3) is 0.364. The molecule has 1 amide bonds. The smallest absolute Gasteiger partial charge is 0.267 e. The van der Waals surface area contributed by atoms with Crippen molar-refractivity contribution >= 4 is 11.6 Å². The van der Waals surface area contributed by atoms with Crippen LogP contribution in [0.3, 0.4) is 0 Å². The van der Waals surface area contributed by atoms with E-state index in [0.717, 1.165) is 0 Å². The predicted octanol–water partition coefficient (Wildman–Crippen LogP) is 0.446. The van der Waals surface area contributed by atoms with Gasteiger partial charge in [-0.3, -0.25) is 4.79 Å². The summed E-state index contributed by atoms with van der Waals surface area (Å²) < 4.78 is 6.41. The van der Waals surface area contributed by atoms with Crippen LogP contribution in [0.15, 0.2) is 23.2 Å². The van der Waals surface area contributed by atoms with Crippen molar-refractivity contribution in [1.29, 1.82) is 0 Å². The number of carbonyl (C=O) groups is 1. The van der Waals surface area contributed by atoms with Crippen LogP contribution in [-0.2, 0) is 13.0 Å². The molecule has 0 saturated heterocycles. The number of nitrogens with zero attached hydrogens (tertiary/aromatic N) is 3. The Morgan fingerprint density at radius 1 is 1.61 bits per heavy atom. The van der Waals surface area contributed by atoms with Crippen LogP contribution < -0.4 is 11.1 Å². The summed E-state index contributed by atoms with van der Waals surface area (Å²) in [6.45, 7) is 3.10. The van der Waals surface area contributed by atoms with Gasteiger partial charge in [0.15, 0.2) is 5.82 Å². The maximum Gasteiger partial charge on any atom is 0.267 e. The van der Waals surface area contributed by atoms with E-state index in [1.165, 1.54) is 6.39 Å². The third kappa shape index (κ3) is 2.68. The summed E-state index contributed by atoms with van der Waals surface area (Å²) in [5.74, 6) is 0.415. The second kappa shape index (κ2) is 5.35. The van der Waals surface area contributed by atoms with Crippen molar-refractivity contribution in [1.82, 2.24) is 20.0 Å². The number of nitrogens with two attached hydrogens (primary N) is 1. The average molecular weight is 249 g/mol. The molecule has 0 radical (unpaired) electrons. The molecule has 0 unspecified atom stereocenters. The van der Waals surface area contributed by atoms with Gasteiger partial charge in [0.1, 0.15) is 5.69 Å². The van der Waals surface area contributed by atoms with E-state index in [9.17, 15) is 4.79 Å². The molecule has 0 spiro atoms. The van der Waals surface area contributed by atoms with Gasteiger partial charge in [-0.25, -0.2) is 0 Å². The number of carbonyl (C=O) groups excluding carboxylic acids is 1. The normalized spacial score (nSPS) is 10.5. The molecule has 7 heteroatoms. The van der Waals surface area contributed by atoms with E-state index in [0.29, 0.717) is 36.7 Å². The molecule has 0 bridgehead atoms. The summed E-state index contributed by atoms with van der Waals surface area (Å²) in [6.07, 6.45) is 3.54. The summed E-state index contributed by atoms with van der Waals surface area (Å²) in [4.78, 5) is 15.8. The molecule has 96 valence electrons. The lowest BCUT2D eigenvalue weighted by molar-refractivity contribution is 0.0945. The first-order valence-electron chi connectivity index (χ1n) is 5.69. The van der Waals surface area contributed by atoms with E-state index >= 15 is 0 Å². The topological polar surface area (TPSA) is 99.0 Å². The van der Waals surface area contributed by atoms with Crippen LogP contribution >= 0.6 is 0 Å². The Hall–Kier alpha value is -2.31. The van der Waals surface area contributed by atoms with E-state index in [4.69, 9.17) is 5.73 Å². The molecule has 0 aliphatic heterocycles. The number of anilines is 1. The molecule has 0 fully saturated rings. The minimum Gasteiger partial charge on any atom is -0.397 e. The van der Waals surface area contributed by atoms with Crippen LogP contribution in [-0.4, -0.2) is 27.2 Å². The Labute approximate surface area is 104 Å². The number of aromatic nitrogens is 3. The minimum atomic E-state index is -0.156. The third-order valence-corrected chi connectivity index (χ3v) is 2.53. The minimum absolute atomic E-state index is 0.156. The van der Waals surface area contributed by atoms with Crippen LogP contribution in [0.1, 0.15) is 23.2 Å². The van der Waals surface area contributed by atoms with Gasteiger partial charge < -0.3 is 20.1 Å². The van der Waals surface area contributed by atoms with Crippen molar-refractivity contribution in [2.24, 2.45) is 0 Å². The van der Waals surface area contributed by atoms with Gasteiger partial charge >= 0.3 is 0 Å². The number of nitrogens with one attached hydrogen (secondary N) is 1. The molecule has 2 heterocycles.